The van der Waals surface area contributed by atoms with E-state index < -0.39 is 15.8 Å². The molecule has 0 aliphatic carbocycles. The van der Waals surface area contributed by atoms with Crippen LogP contribution in [0.5, 0.6) is 0 Å². The number of rotatable bonds is 6. The molecule has 0 aliphatic rings. The molecule has 0 saturated carbocycles. The molecular weight excluding hydrogens is 283 g/mol. The zero-order valence-corrected chi connectivity index (χ0v) is 12.0. The van der Waals surface area contributed by atoms with Gasteiger partial charge in [0.25, 0.3) is 0 Å². The SMILES string of the molecule is CCOCCS(=O)(=O)Nc1ccc(C#CCN)cc1F. The highest BCUT2D eigenvalue weighted by Gasteiger charge is 2.13. The Morgan fingerprint density at radius 1 is 1.45 bits per heavy atom. The van der Waals surface area contributed by atoms with Gasteiger partial charge in [0.2, 0.25) is 10.0 Å². The van der Waals surface area contributed by atoms with Crippen LogP contribution in [0.15, 0.2) is 18.2 Å². The first-order valence-corrected chi connectivity index (χ1v) is 7.70. The van der Waals surface area contributed by atoms with Crippen molar-refractivity contribution in [3.63, 3.8) is 0 Å². The lowest BCUT2D eigenvalue weighted by Crippen LogP contribution is -2.20. The number of benzene rings is 1. The molecule has 0 aliphatic heterocycles. The highest BCUT2D eigenvalue weighted by atomic mass is 32.2. The minimum atomic E-state index is -3.63. The van der Waals surface area contributed by atoms with Gasteiger partial charge in [0.05, 0.1) is 24.6 Å². The summed E-state index contributed by atoms with van der Waals surface area (Å²) in [6.45, 7) is 2.43. The van der Waals surface area contributed by atoms with Crippen LogP contribution < -0.4 is 10.5 Å². The highest BCUT2D eigenvalue weighted by Crippen LogP contribution is 2.16. The summed E-state index contributed by atoms with van der Waals surface area (Å²) in [5, 5.41) is 0. The summed E-state index contributed by atoms with van der Waals surface area (Å²) in [7, 11) is -3.63. The van der Waals surface area contributed by atoms with Crippen molar-refractivity contribution < 1.29 is 17.5 Å². The summed E-state index contributed by atoms with van der Waals surface area (Å²) in [6, 6.07) is 4.00. The molecule has 20 heavy (non-hydrogen) atoms. The number of nitrogens with one attached hydrogen (secondary N) is 1. The van der Waals surface area contributed by atoms with Gasteiger partial charge < -0.3 is 10.5 Å². The van der Waals surface area contributed by atoms with Gasteiger partial charge in [-0.3, -0.25) is 4.72 Å². The second-order valence-corrected chi connectivity index (χ2v) is 5.66. The normalized spacial score (nSPS) is 10.8. The van der Waals surface area contributed by atoms with Crippen molar-refractivity contribution in [1.29, 1.82) is 0 Å². The maximum Gasteiger partial charge on any atom is 0.235 e. The van der Waals surface area contributed by atoms with E-state index in [4.69, 9.17) is 10.5 Å². The Hall–Kier alpha value is -1.62. The number of hydrogen-bond donors (Lipinski definition) is 2. The van der Waals surface area contributed by atoms with Crippen LogP contribution in [0, 0.1) is 17.7 Å². The van der Waals surface area contributed by atoms with E-state index in [-0.39, 0.29) is 24.6 Å². The van der Waals surface area contributed by atoms with Crippen LogP contribution in [0.4, 0.5) is 10.1 Å². The number of hydrogen-bond acceptors (Lipinski definition) is 4. The zero-order chi connectivity index (χ0) is 15.0. The maximum absolute atomic E-state index is 13.7. The van der Waals surface area contributed by atoms with Crippen LogP contribution in [-0.4, -0.2) is 33.9 Å². The predicted molar refractivity (Wildman–Crippen MR) is 76.2 cm³/mol. The van der Waals surface area contributed by atoms with Gasteiger partial charge in [0, 0.05) is 12.2 Å². The van der Waals surface area contributed by atoms with Crippen molar-refractivity contribution in [3.05, 3.63) is 29.6 Å². The quantitative estimate of drug-likeness (QED) is 0.604. The largest absolute Gasteiger partial charge is 0.381 e. The topological polar surface area (TPSA) is 81.4 Å². The summed E-state index contributed by atoms with van der Waals surface area (Å²) in [5.74, 6) is 4.34. The molecule has 5 nitrogen and oxygen atoms in total. The van der Waals surface area contributed by atoms with E-state index in [1.54, 1.807) is 6.92 Å². The first kappa shape index (κ1) is 16.4. The summed E-state index contributed by atoms with van der Waals surface area (Å²) < 4.78 is 44.2. The summed E-state index contributed by atoms with van der Waals surface area (Å²) in [4.78, 5) is 0. The van der Waals surface area contributed by atoms with Crippen molar-refractivity contribution >= 4 is 15.7 Å². The van der Waals surface area contributed by atoms with Gasteiger partial charge in [-0.05, 0) is 25.1 Å². The van der Waals surface area contributed by atoms with Crippen LogP contribution in [0.1, 0.15) is 12.5 Å². The first-order valence-electron chi connectivity index (χ1n) is 6.05. The molecule has 0 fully saturated rings. The molecule has 0 spiro atoms. The van der Waals surface area contributed by atoms with Crippen LogP contribution in [0.2, 0.25) is 0 Å². The fraction of sp³-hybridized carbons (Fsp3) is 0.385. The molecule has 0 amide bonds. The van der Waals surface area contributed by atoms with Crippen LogP contribution in [0.25, 0.3) is 0 Å². The van der Waals surface area contributed by atoms with E-state index in [0.717, 1.165) is 6.07 Å². The average Bonchev–Trinajstić information content (AvgIpc) is 2.39. The van der Waals surface area contributed by atoms with Gasteiger partial charge in [0.1, 0.15) is 5.82 Å². The van der Waals surface area contributed by atoms with Gasteiger partial charge in [-0.25, -0.2) is 12.8 Å². The van der Waals surface area contributed by atoms with E-state index in [2.05, 4.69) is 16.6 Å². The second-order valence-electron chi connectivity index (χ2n) is 3.82. The van der Waals surface area contributed by atoms with Crippen molar-refractivity contribution in [3.8, 4) is 11.8 Å². The van der Waals surface area contributed by atoms with E-state index in [9.17, 15) is 12.8 Å². The Kier molecular flexibility index (Phi) is 6.45. The third-order valence-corrected chi connectivity index (χ3v) is 3.50. The Labute approximate surface area is 118 Å². The number of ether oxygens (including phenoxy) is 1. The third-order valence-electron chi connectivity index (χ3n) is 2.27. The third kappa shape index (κ3) is 5.57. The smallest absolute Gasteiger partial charge is 0.235 e. The van der Waals surface area contributed by atoms with E-state index >= 15 is 0 Å². The standard InChI is InChI=1S/C13H17FN2O3S/c1-2-19-8-9-20(17,18)16-13-6-5-11(4-3-7-15)10-12(13)14/h5-6,10,16H,2,7-9,15H2,1H3. The molecule has 0 saturated heterocycles. The summed E-state index contributed by atoms with van der Waals surface area (Å²) in [5.41, 5.74) is 5.54. The number of anilines is 1. The zero-order valence-electron chi connectivity index (χ0n) is 11.1. The van der Waals surface area contributed by atoms with Gasteiger partial charge in [-0.1, -0.05) is 11.8 Å². The van der Waals surface area contributed by atoms with Crippen LogP contribution in [-0.2, 0) is 14.8 Å². The van der Waals surface area contributed by atoms with Crippen LogP contribution in [0.3, 0.4) is 0 Å². The van der Waals surface area contributed by atoms with Gasteiger partial charge in [-0.15, -0.1) is 0 Å². The molecule has 7 heteroatoms. The lowest BCUT2D eigenvalue weighted by atomic mass is 10.2. The second kappa shape index (κ2) is 7.85. The predicted octanol–water partition coefficient (Wildman–Crippen LogP) is 0.914. The van der Waals surface area contributed by atoms with Crippen molar-refractivity contribution in [2.45, 2.75) is 6.92 Å². The first-order chi connectivity index (χ1) is 9.48. The Morgan fingerprint density at radius 3 is 2.80 bits per heavy atom. The van der Waals surface area contributed by atoms with Gasteiger partial charge in [0.15, 0.2) is 0 Å². The fourth-order valence-electron chi connectivity index (χ4n) is 1.36. The molecule has 0 atom stereocenters. The summed E-state index contributed by atoms with van der Waals surface area (Å²) in [6.07, 6.45) is 0. The lowest BCUT2D eigenvalue weighted by molar-refractivity contribution is 0.163. The van der Waals surface area contributed by atoms with Gasteiger partial charge in [-0.2, -0.15) is 0 Å². The van der Waals surface area contributed by atoms with Gasteiger partial charge >= 0.3 is 0 Å². The highest BCUT2D eigenvalue weighted by molar-refractivity contribution is 7.92. The lowest BCUT2D eigenvalue weighted by Gasteiger charge is -2.09. The molecule has 0 bridgehead atoms. The molecule has 0 heterocycles. The average molecular weight is 300 g/mol. The number of sulfonamides is 1. The molecule has 0 aromatic heterocycles. The van der Waals surface area contributed by atoms with E-state index in [1.165, 1.54) is 12.1 Å². The molecule has 0 radical (unpaired) electrons. The monoisotopic (exact) mass is 300 g/mol. The molecule has 0 unspecified atom stereocenters. The summed E-state index contributed by atoms with van der Waals surface area (Å²) >= 11 is 0. The molecule has 3 N–H and O–H groups in total. The van der Waals surface area contributed by atoms with Crippen LogP contribution >= 0.6 is 0 Å². The fourth-order valence-corrected chi connectivity index (χ4v) is 2.30. The molecular formula is C13H17FN2O3S. The Balaban J connectivity index is 2.78. The minimum absolute atomic E-state index is 0.0630. The van der Waals surface area contributed by atoms with E-state index in [1.807, 2.05) is 0 Å². The number of nitrogens with two attached hydrogens (primary N) is 1. The molecule has 110 valence electrons. The van der Waals surface area contributed by atoms with Crippen molar-refractivity contribution in [2.24, 2.45) is 5.73 Å². The van der Waals surface area contributed by atoms with E-state index in [0.29, 0.717) is 12.2 Å². The Bertz CT molecular complexity index is 606. The number of halogens is 1. The Morgan fingerprint density at radius 2 is 2.20 bits per heavy atom. The maximum atomic E-state index is 13.7. The van der Waals surface area contributed by atoms with Crippen molar-refractivity contribution in [2.75, 3.05) is 30.2 Å². The minimum Gasteiger partial charge on any atom is -0.381 e. The molecule has 1 aromatic carbocycles. The van der Waals surface area contributed by atoms with Crippen molar-refractivity contribution in [1.82, 2.24) is 0 Å². The molecule has 1 aromatic rings. The molecule has 1 rings (SSSR count).